The van der Waals surface area contributed by atoms with Crippen molar-refractivity contribution in [1.82, 2.24) is 4.98 Å². The first-order valence-corrected chi connectivity index (χ1v) is 8.83. The molecule has 1 heterocycles. The summed E-state index contributed by atoms with van der Waals surface area (Å²) >= 11 is 0. The quantitative estimate of drug-likeness (QED) is 0.660. The van der Waals surface area contributed by atoms with Gasteiger partial charge in [-0.2, -0.15) is 0 Å². The van der Waals surface area contributed by atoms with Crippen molar-refractivity contribution in [2.45, 2.75) is 58.3 Å². The molecule has 0 N–H and O–H groups in total. The number of rotatable bonds is 3. The van der Waals surface area contributed by atoms with Gasteiger partial charge in [0.05, 0.1) is 5.69 Å². The molecule has 120 valence electrons. The minimum atomic E-state index is 0.584. The van der Waals surface area contributed by atoms with Crippen molar-refractivity contribution in [3.05, 3.63) is 70.6 Å². The topological polar surface area (TPSA) is 12.9 Å². The minimum absolute atomic E-state index is 0.584. The summed E-state index contributed by atoms with van der Waals surface area (Å²) in [6.45, 7) is 6.48. The zero-order valence-electron chi connectivity index (χ0n) is 14.5. The minimum Gasteiger partial charge on any atom is -0.260 e. The maximum absolute atomic E-state index is 4.78. The zero-order valence-corrected chi connectivity index (χ0v) is 14.5. The van der Waals surface area contributed by atoms with E-state index in [2.05, 4.69) is 63.3 Å². The summed E-state index contributed by atoms with van der Waals surface area (Å²) in [5, 5.41) is 0. The second-order valence-electron chi connectivity index (χ2n) is 6.90. The Hall–Kier alpha value is -1.89. The molecule has 1 aromatic carbocycles. The monoisotopic (exact) mass is 305 g/mol. The van der Waals surface area contributed by atoms with Crippen molar-refractivity contribution in [3.63, 3.8) is 0 Å². The molecule has 1 aliphatic rings. The van der Waals surface area contributed by atoms with Gasteiger partial charge in [0.25, 0.3) is 0 Å². The molecule has 23 heavy (non-hydrogen) atoms. The lowest BCUT2D eigenvalue weighted by molar-refractivity contribution is 0.388. The number of hydrogen-bond donors (Lipinski definition) is 0. The molecule has 0 saturated heterocycles. The van der Waals surface area contributed by atoms with Crippen LogP contribution in [0.5, 0.6) is 0 Å². The molecule has 1 fully saturated rings. The molecule has 0 radical (unpaired) electrons. The molecule has 1 saturated carbocycles. The van der Waals surface area contributed by atoms with Crippen molar-refractivity contribution in [3.8, 4) is 0 Å². The Morgan fingerprint density at radius 2 is 1.91 bits per heavy atom. The first-order valence-electron chi connectivity index (χ1n) is 8.83. The summed E-state index contributed by atoms with van der Waals surface area (Å²) in [7, 11) is 0. The SMILES string of the molecule is C/C=C\c1c(C)ccnc1C1CCCC(c2cccc(C)c2)C1. The molecule has 0 aliphatic heterocycles. The van der Waals surface area contributed by atoms with Crippen molar-refractivity contribution >= 4 is 6.08 Å². The van der Waals surface area contributed by atoms with Crippen LogP contribution in [0.1, 0.15) is 72.4 Å². The van der Waals surface area contributed by atoms with Crippen LogP contribution < -0.4 is 0 Å². The third-order valence-electron chi connectivity index (χ3n) is 5.15. The van der Waals surface area contributed by atoms with Crippen LogP contribution in [0.2, 0.25) is 0 Å². The van der Waals surface area contributed by atoms with Gasteiger partial charge in [0.2, 0.25) is 0 Å². The highest BCUT2D eigenvalue weighted by molar-refractivity contribution is 5.56. The average Bonchev–Trinajstić information content (AvgIpc) is 2.57. The first kappa shape index (κ1) is 16.0. The normalized spacial score (nSPS) is 21.7. The van der Waals surface area contributed by atoms with Crippen LogP contribution in [0.15, 0.2) is 42.6 Å². The summed E-state index contributed by atoms with van der Waals surface area (Å²) < 4.78 is 0. The fourth-order valence-corrected chi connectivity index (χ4v) is 3.96. The van der Waals surface area contributed by atoms with Crippen molar-refractivity contribution in [1.29, 1.82) is 0 Å². The van der Waals surface area contributed by atoms with Gasteiger partial charge in [-0.1, -0.05) is 48.4 Å². The number of benzene rings is 1. The third-order valence-corrected chi connectivity index (χ3v) is 5.15. The van der Waals surface area contributed by atoms with Crippen molar-refractivity contribution < 1.29 is 0 Å². The number of hydrogen-bond acceptors (Lipinski definition) is 1. The van der Waals surface area contributed by atoms with Crippen molar-refractivity contribution in [2.75, 3.05) is 0 Å². The lowest BCUT2D eigenvalue weighted by Gasteiger charge is -2.30. The molecule has 2 unspecified atom stereocenters. The van der Waals surface area contributed by atoms with Gasteiger partial charge >= 0.3 is 0 Å². The molecular formula is C22H27N. The molecule has 0 amide bonds. The van der Waals surface area contributed by atoms with E-state index in [0.29, 0.717) is 11.8 Å². The van der Waals surface area contributed by atoms with Crippen LogP contribution in [-0.4, -0.2) is 4.98 Å². The van der Waals surface area contributed by atoms with E-state index < -0.39 is 0 Å². The number of nitrogens with zero attached hydrogens (tertiary/aromatic N) is 1. The maximum atomic E-state index is 4.78. The maximum Gasteiger partial charge on any atom is 0.0509 e. The van der Waals surface area contributed by atoms with E-state index in [9.17, 15) is 0 Å². The van der Waals surface area contributed by atoms with E-state index in [0.717, 1.165) is 0 Å². The number of pyridine rings is 1. The summed E-state index contributed by atoms with van der Waals surface area (Å²) in [5.74, 6) is 1.26. The summed E-state index contributed by atoms with van der Waals surface area (Å²) in [5.41, 5.74) is 6.86. The highest BCUT2D eigenvalue weighted by Gasteiger charge is 2.26. The standard InChI is InChI=1S/C22H27N/c1-4-7-21-17(3)12-13-23-22(21)20-11-6-10-19(15-20)18-9-5-8-16(2)14-18/h4-5,7-9,12-14,19-20H,6,10-11,15H2,1-3H3/b7-4-. The fraction of sp³-hybridized carbons (Fsp3) is 0.409. The number of aryl methyl sites for hydroxylation is 2. The van der Waals surface area contributed by atoms with Gasteiger partial charge in [0.1, 0.15) is 0 Å². The highest BCUT2D eigenvalue weighted by atomic mass is 14.7. The van der Waals surface area contributed by atoms with E-state index in [1.807, 2.05) is 6.20 Å². The van der Waals surface area contributed by atoms with Crippen LogP contribution in [-0.2, 0) is 0 Å². The predicted octanol–water partition coefficient (Wildman–Crippen LogP) is 6.17. The van der Waals surface area contributed by atoms with Gasteiger partial charge in [-0.25, -0.2) is 0 Å². The van der Waals surface area contributed by atoms with Crippen LogP contribution in [0, 0.1) is 13.8 Å². The van der Waals surface area contributed by atoms with Gasteiger partial charge in [-0.3, -0.25) is 4.98 Å². The smallest absolute Gasteiger partial charge is 0.0509 e. The second kappa shape index (κ2) is 7.12. The Morgan fingerprint density at radius 1 is 1.09 bits per heavy atom. The van der Waals surface area contributed by atoms with Gasteiger partial charge in [0, 0.05) is 12.1 Å². The van der Waals surface area contributed by atoms with Gasteiger partial charge in [-0.15, -0.1) is 0 Å². The molecule has 0 bridgehead atoms. The Labute approximate surface area is 140 Å². The van der Waals surface area contributed by atoms with Gasteiger partial charge in [-0.05, 0) is 68.7 Å². The summed E-state index contributed by atoms with van der Waals surface area (Å²) in [6, 6.07) is 11.2. The van der Waals surface area contributed by atoms with Gasteiger partial charge < -0.3 is 0 Å². The summed E-state index contributed by atoms with van der Waals surface area (Å²) in [6.07, 6.45) is 11.4. The lowest BCUT2D eigenvalue weighted by Crippen LogP contribution is -2.15. The number of aromatic nitrogens is 1. The zero-order chi connectivity index (χ0) is 16.2. The average molecular weight is 305 g/mol. The van der Waals surface area contributed by atoms with Crippen LogP contribution in [0.4, 0.5) is 0 Å². The van der Waals surface area contributed by atoms with Crippen LogP contribution >= 0.6 is 0 Å². The van der Waals surface area contributed by atoms with E-state index in [4.69, 9.17) is 4.98 Å². The Morgan fingerprint density at radius 3 is 2.70 bits per heavy atom. The first-order chi connectivity index (χ1) is 11.2. The molecule has 2 atom stereocenters. The molecule has 1 aromatic heterocycles. The predicted molar refractivity (Wildman–Crippen MR) is 98.8 cm³/mol. The van der Waals surface area contributed by atoms with E-state index >= 15 is 0 Å². The molecule has 0 spiro atoms. The molecule has 1 heteroatoms. The molecule has 1 aliphatic carbocycles. The summed E-state index contributed by atoms with van der Waals surface area (Å²) in [4.78, 5) is 4.78. The Kier molecular flexibility index (Phi) is 4.95. The second-order valence-corrected chi connectivity index (χ2v) is 6.90. The van der Waals surface area contributed by atoms with E-state index in [1.165, 1.54) is 53.6 Å². The van der Waals surface area contributed by atoms with E-state index in [-0.39, 0.29) is 0 Å². The molecule has 1 nitrogen and oxygen atoms in total. The van der Waals surface area contributed by atoms with Crippen LogP contribution in [0.25, 0.3) is 6.08 Å². The Bertz CT molecular complexity index is 699. The third kappa shape index (κ3) is 3.55. The highest BCUT2D eigenvalue weighted by Crippen LogP contribution is 2.42. The fourth-order valence-electron chi connectivity index (χ4n) is 3.96. The van der Waals surface area contributed by atoms with Gasteiger partial charge in [0.15, 0.2) is 0 Å². The molecule has 2 aromatic rings. The molecule has 3 rings (SSSR count). The van der Waals surface area contributed by atoms with E-state index in [1.54, 1.807) is 0 Å². The largest absolute Gasteiger partial charge is 0.260 e. The lowest BCUT2D eigenvalue weighted by atomic mass is 9.75. The van der Waals surface area contributed by atoms with Crippen LogP contribution in [0.3, 0.4) is 0 Å². The number of allylic oxidation sites excluding steroid dienone is 1. The Balaban J connectivity index is 1.88. The van der Waals surface area contributed by atoms with Crippen molar-refractivity contribution in [2.24, 2.45) is 0 Å². The molecular weight excluding hydrogens is 278 g/mol.